The summed E-state index contributed by atoms with van der Waals surface area (Å²) in [5.74, 6) is 1.61. The zero-order chi connectivity index (χ0) is 31.6. The van der Waals surface area contributed by atoms with E-state index in [9.17, 15) is 0 Å². The molecule has 0 bridgehead atoms. The van der Waals surface area contributed by atoms with Crippen LogP contribution in [0.25, 0.3) is 0 Å². The van der Waals surface area contributed by atoms with Gasteiger partial charge < -0.3 is 0 Å². The second-order valence-corrected chi connectivity index (χ2v) is 14.5. The van der Waals surface area contributed by atoms with Crippen LogP contribution in [0.3, 0.4) is 0 Å². The third-order valence-electron chi connectivity index (χ3n) is 10.1. The van der Waals surface area contributed by atoms with Gasteiger partial charge in [-0.15, -0.1) is 0 Å². The Balaban J connectivity index is 2.10. The van der Waals surface area contributed by atoms with Gasteiger partial charge in [-0.2, -0.15) is 0 Å². The van der Waals surface area contributed by atoms with Gasteiger partial charge >= 0.3 is 0 Å². The van der Waals surface area contributed by atoms with Crippen molar-refractivity contribution in [1.29, 1.82) is 0 Å². The largest absolute Gasteiger partial charge is 0.256 e. The lowest BCUT2D eigenvalue weighted by atomic mass is 10.0. The van der Waals surface area contributed by atoms with E-state index in [0.717, 1.165) is 0 Å². The van der Waals surface area contributed by atoms with E-state index >= 15 is 0 Å². The second kappa shape index (κ2) is 33.6. The van der Waals surface area contributed by atoms with E-state index in [1.807, 2.05) is 0 Å². The number of aryl methyl sites for hydroxylation is 2. The van der Waals surface area contributed by atoms with Crippen LogP contribution in [0, 0.1) is 0 Å². The van der Waals surface area contributed by atoms with E-state index < -0.39 is 0 Å². The van der Waals surface area contributed by atoms with Crippen molar-refractivity contribution < 1.29 is 4.57 Å². The lowest BCUT2D eigenvalue weighted by Crippen LogP contribution is -2.37. The molecule has 0 saturated heterocycles. The molecule has 0 saturated carbocycles. The van der Waals surface area contributed by atoms with Crippen molar-refractivity contribution in [3.05, 3.63) is 18.2 Å². The van der Waals surface area contributed by atoms with Gasteiger partial charge in [0.15, 0.2) is 0 Å². The molecule has 0 aromatic carbocycles. The number of unbranched alkanes of at least 4 members (excludes halogenated alkanes) is 30. The molecule has 44 heavy (non-hydrogen) atoms. The molecule has 1 rings (SSSR count). The van der Waals surface area contributed by atoms with Crippen molar-refractivity contribution in [3.63, 3.8) is 0 Å². The van der Waals surface area contributed by atoms with Crippen LogP contribution in [0.1, 0.15) is 238 Å². The van der Waals surface area contributed by atoms with Crippen molar-refractivity contribution >= 4 is 0 Å². The lowest BCUT2D eigenvalue weighted by molar-refractivity contribution is -0.704. The van der Waals surface area contributed by atoms with Gasteiger partial charge in [-0.05, 0) is 32.1 Å². The highest BCUT2D eigenvalue weighted by atomic mass is 15.1. The Morgan fingerprint density at radius 1 is 0.386 bits per heavy atom. The molecule has 0 amide bonds. The summed E-state index contributed by atoms with van der Waals surface area (Å²) in [6, 6.07) is 0. The van der Waals surface area contributed by atoms with Crippen molar-refractivity contribution in [3.8, 4) is 0 Å². The van der Waals surface area contributed by atoms with E-state index in [0.29, 0.717) is 0 Å². The van der Waals surface area contributed by atoms with Crippen molar-refractivity contribution in [1.82, 2.24) is 4.57 Å². The normalized spacial score (nSPS) is 11.6. The standard InChI is InChI=1S/C42H83N2/c1-4-7-10-12-14-16-18-20-22-24-26-28-30-32-34-37-42-43(38-35-9-6-3)40-41-44(42)39-36-33-31-29-27-25-23-21-19-17-15-13-11-8-5-2/h40-41H,4-39H2,1-3H3/q+1. The van der Waals surface area contributed by atoms with E-state index in [4.69, 9.17) is 0 Å². The summed E-state index contributed by atoms with van der Waals surface area (Å²) in [5.41, 5.74) is 0. The molecule has 0 fully saturated rings. The quantitative estimate of drug-likeness (QED) is 0.0524. The zero-order valence-electron chi connectivity index (χ0n) is 31.0. The number of hydrogen-bond donors (Lipinski definition) is 0. The van der Waals surface area contributed by atoms with Crippen LogP contribution in [0.2, 0.25) is 0 Å². The van der Waals surface area contributed by atoms with Gasteiger partial charge in [-0.3, -0.25) is 0 Å². The Morgan fingerprint density at radius 3 is 1.09 bits per heavy atom. The second-order valence-electron chi connectivity index (χ2n) is 14.5. The molecule has 0 aliphatic carbocycles. The highest BCUT2D eigenvalue weighted by molar-refractivity contribution is 4.84. The molecule has 1 aromatic rings. The maximum atomic E-state index is 2.62. The van der Waals surface area contributed by atoms with Gasteiger partial charge in [-0.25, -0.2) is 9.13 Å². The predicted octanol–water partition coefficient (Wildman–Crippen LogP) is 14.3. The minimum Gasteiger partial charge on any atom is -0.234 e. The van der Waals surface area contributed by atoms with Crippen LogP contribution < -0.4 is 4.57 Å². The molecule has 1 aromatic heterocycles. The van der Waals surface area contributed by atoms with Crippen molar-refractivity contribution in [2.75, 3.05) is 0 Å². The van der Waals surface area contributed by atoms with Crippen molar-refractivity contribution in [2.45, 2.75) is 252 Å². The highest BCUT2D eigenvalue weighted by Crippen LogP contribution is 2.16. The Labute approximate surface area is 279 Å². The van der Waals surface area contributed by atoms with Gasteiger partial charge in [0.2, 0.25) is 0 Å². The summed E-state index contributed by atoms with van der Waals surface area (Å²) >= 11 is 0. The summed E-state index contributed by atoms with van der Waals surface area (Å²) in [6.07, 6.45) is 53.4. The van der Waals surface area contributed by atoms with Gasteiger partial charge in [0.1, 0.15) is 12.4 Å². The summed E-state index contributed by atoms with van der Waals surface area (Å²) in [5, 5.41) is 0. The molecule has 2 nitrogen and oxygen atoms in total. The molecule has 0 aliphatic rings. The fourth-order valence-corrected chi connectivity index (χ4v) is 7.03. The van der Waals surface area contributed by atoms with Crippen LogP contribution in [0.5, 0.6) is 0 Å². The van der Waals surface area contributed by atoms with Crippen LogP contribution in [0.15, 0.2) is 12.4 Å². The first kappa shape index (κ1) is 41.2. The molecule has 0 unspecified atom stereocenters. The number of hydrogen-bond acceptors (Lipinski definition) is 0. The first-order valence-corrected chi connectivity index (χ1v) is 20.9. The lowest BCUT2D eigenvalue weighted by Gasteiger charge is -2.07. The topological polar surface area (TPSA) is 8.81 Å². The fourth-order valence-electron chi connectivity index (χ4n) is 7.03. The van der Waals surface area contributed by atoms with Crippen LogP contribution in [-0.4, -0.2) is 4.57 Å². The average Bonchev–Trinajstić information content (AvgIpc) is 3.42. The van der Waals surface area contributed by atoms with Gasteiger partial charge in [0.05, 0.1) is 13.1 Å². The number of nitrogens with zero attached hydrogens (tertiary/aromatic N) is 2. The minimum atomic E-state index is 1.22. The molecule has 2 heteroatoms. The Bertz CT molecular complexity index is 677. The van der Waals surface area contributed by atoms with E-state index in [2.05, 4.69) is 42.3 Å². The van der Waals surface area contributed by atoms with Crippen molar-refractivity contribution in [2.24, 2.45) is 0 Å². The molecule has 260 valence electrons. The summed E-state index contributed by atoms with van der Waals surface area (Å²) in [6.45, 7) is 9.39. The highest BCUT2D eigenvalue weighted by Gasteiger charge is 2.16. The third-order valence-corrected chi connectivity index (χ3v) is 10.1. The molecular weight excluding hydrogens is 532 g/mol. The summed E-state index contributed by atoms with van der Waals surface area (Å²) in [4.78, 5) is 0. The Morgan fingerprint density at radius 2 is 0.705 bits per heavy atom. The molecule has 0 N–H and O–H groups in total. The zero-order valence-corrected chi connectivity index (χ0v) is 31.0. The molecule has 0 spiro atoms. The SMILES string of the molecule is CCCCCCCCCCCCCCCCCc1n(CCCCCCCCCCCCCCCCC)cc[n+]1CCCCC. The molecule has 0 atom stereocenters. The number of rotatable bonds is 36. The van der Waals surface area contributed by atoms with Gasteiger partial charge in [0, 0.05) is 6.42 Å². The number of aromatic nitrogens is 2. The maximum Gasteiger partial charge on any atom is 0.256 e. The third kappa shape index (κ3) is 25.4. The fraction of sp³-hybridized carbons (Fsp3) is 0.929. The molecular formula is C42H83N2+. The Kier molecular flexibility index (Phi) is 31.5. The molecule has 0 radical (unpaired) electrons. The predicted molar refractivity (Wildman–Crippen MR) is 198 cm³/mol. The molecule has 1 heterocycles. The van der Waals surface area contributed by atoms with Crippen LogP contribution >= 0.6 is 0 Å². The maximum absolute atomic E-state index is 2.62. The van der Waals surface area contributed by atoms with E-state index in [-0.39, 0.29) is 0 Å². The monoisotopic (exact) mass is 616 g/mol. The van der Waals surface area contributed by atoms with Gasteiger partial charge in [-0.1, -0.05) is 201 Å². The summed E-state index contributed by atoms with van der Waals surface area (Å²) < 4.78 is 5.22. The average molecular weight is 616 g/mol. The summed E-state index contributed by atoms with van der Waals surface area (Å²) in [7, 11) is 0. The first-order chi connectivity index (χ1) is 21.8. The first-order valence-electron chi connectivity index (χ1n) is 20.9. The van der Waals surface area contributed by atoms with Crippen LogP contribution in [-0.2, 0) is 19.5 Å². The smallest absolute Gasteiger partial charge is 0.234 e. The van der Waals surface area contributed by atoms with E-state index in [1.54, 1.807) is 5.82 Å². The Hall–Kier alpha value is -0.790. The van der Waals surface area contributed by atoms with Crippen LogP contribution in [0.4, 0.5) is 0 Å². The number of imidazole rings is 1. The molecule has 0 aliphatic heterocycles. The van der Waals surface area contributed by atoms with Gasteiger partial charge in [0.25, 0.3) is 5.82 Å². The van der Waals surface area contributed by atoms with E-state index in [1.165, 1.54) is 231 Å². The minimum absolute atomic E-state index is 1.22.